The van der Waals surface area contributed by atoms with Gasteiger partial charge in [0.05, 0.1) is 37.8 Å². The van der Waals surface area contributed by atoms with Crippen LogP contribution in [0.5, 0.6) is 5.75 Å². The number of amides is 1. The number of ether oxygens (including phenoxy) is 1. The lowest BCUT2D eigenvalue weighted by Crippen LogP contribution is -2.38. The molecule has 0 aliphatic carbocycles. The number of nitrogens with one attached hydrogen (secondary N) is 2. The summed E-state index contributed by atoms with van der Waals surface area (Å²) in [5.41, 5.74) is 0.563. The maximum Gasteiger partial charge on any atom is 0.264 e. The molecule has 0 aromatic heterocycles. The number of hydrogen-bond donors (Lipinski definition) is 2. The van der Waals surface area contributed by atoms with E-state index in [1.54, 1.807) is 49.4 Å². The number of rotatable bonds is 12. The van der Waals surface area contributed by atoms with E-state index >= 15 is 0 Å². The van der Waals surface area contributed by atoms with Crippen LogP contribution in [0, 0.1) is 0 Å². The molecule has 4 aromatic carbocycles. The highest BCUT2D eigenvalue weighted by molar-refractivity contribution is 7.98. The summed E-state index contributed by atoms with van der Waals surface area (Å²) in [5.74, 6) is -0.362. The quantitative estimate of drug-likeness (QED) is 0.159. The van der Waals surface area contributed by atoms with Gasteiger partial charge in [-0.2, -0.15) is 0 Å². The van der Waals surface area contributed by atoms with Crippen LogP contribution >= 0.6 is 35.0 Å². The van der Waals surface area contributed by atoms with E-state index in [4.69, 9.17) is 27.9 Å². The molecule has 4 aromatic rings. The second-order valence-corrected chi connectivity index (χ2v) is 14.1. The Morgan fingerprint density at radius 2 is 1.51 bits per heavy atom. The fraction of sp³-hybridized carbons (Fsp3) is 0.138. The second kappa shape index (κ2) is 13.9. The predicted octanol–water partition coefficient (Wildman–Crippen LogP) is 6.75. The highest BCUT2D eigenvalue weighted by Gasteiger charge is 2.29. The number of carbonyl (C=O) groups is 1. The number of hydrogen-bond acceptors (Lipinski definition) is 7. The van der Waals surface area contributed by atoms with Gasteiger partial charge in [0.15, 0.2) is 0 Å². The molecular weight excluding hydrogens is 653 g/mol. The van der Waals surface area contributed by atoms with E-state index in [1.165, 1.54) is 60.3 Å². The number of thioether (sulfide) groups is 1. The first kappa shape index (κ1) is 32.5. The molecule has 2 N–H and O–H groups in total. The lowest BCUT2D eigenvalue weighted by Gasteiger charge is -2.26. The molecule has 4 rings (SSSR count). The predicted molar refractivity (Wildman–Crippen MR) is 173 cm³/mol. The standard InChI is InChI=1S/C29H27Cl2N3O6S3/c1-3-40-27-10-5-4-9-26(27)34(43(38,39)23-17-13-21(41-2)14-18-23)19-28(35)32-20-11-15-22(16-12-20)42(36,37)33-25-8-6-7-24(30)29(25)31/h4-18,33H,3,19H2,1-2H3,(H,32,35). The molecule has 0 bridgehead atoms. The molecule has 0 aliphatic heterocycles. The van der Waals surface area contributed by atoms with Gasteiger partial charge in [0, 0.05) is 10.6 Å². The third kappa shape index (κ3) is 7.76. The van der Waals surface area contributed by atoms with E-state index in [9.17, 15) is 21.6 Å². The van der Waals surface area contributed by atoms with Crippen LogP contribution in [0.4, 0.5) is 17.1 Å². The van der Waals surface area contributed by atoms with E-state index in [0.717, 1.165) is 9.20 Å². The molecular formula is C29H27Cl2N3O6S3. The van der Waals surface area contributed by atoms with Crippen LogP contribution in [0.15, 0.2) is 106 Å². The third-order valence-corrected chi connectivity index (χ3v) is 10.7. The molecule has 43 heavy (non-hydrogen) atoms. The number of benzene rings is 4. The van der Waals surface area contributed by atoms with Gasteiger partial charge in [-0.3, -0.25) is 13.8 Å². The van der Waals surface area contributed by atoms with Crippen molar-refractivity contribution in [3.63, 3.8) is 0 Å². The summed E-state index contributed by atoms with van der Waals surface area (Å²) >= 11 is 13.6. The Kier molecular flexibility index (Phi) is 10.5. The number of halogens is 2. The molecule has 0 unspecified atom stereocenters. The molecule has 0 radical (unpaired) electrons. The van der Waals surface area contributed by atoms with Gasteiger partial charge >= 0.3 is 0 Å². The Balaban J connectivity index is 1.58. The molecule has 0 heterocycles. The number of para-hydroxylation sites is 2. The molecule has 0 saturated heterocycles. The Morgan fingerprint density at radius 1 is 0.860 bits per heavy atom. The Bertz CT molecular complexity index is 1820. The second-order valence-electron chi connectivity index (χ2n) is 8.87. The normalized spacial score (nSPS) is 11.5. The third-order valence-electron chi connectivity index (χ3n) is 6.01. The minimum Gasteiger partial charge on any atom is -0.492 e. The fourth-order valence-corrected chi connectivity index (χ4v) is 7.27. The van der Waals surface area contributed by atoms with Crippen molar-refractivity contribution >= 4 is 78.0 Å². The van der Waals surface area contributed by atoms with Crippen molar-refractivity contribution in [2.24, 2.45) is 0 Å². The first-order valence-electron chi connectivity index (χ1n) is 12.7. The maximum absolute atomic E-state index is 13.8. The number of carbonyl (C=O) groups excluding carboxylic acids is 1. The molecule has 0 atom stereocenters. The van der Waals surface area contributed by atoms with Crippen molar-refractivity contribution < 1.29 is 26.4 Å². The van der Waals surface area contributed by atoms with Gasteiger partial charge in [-0.25, -0.2) is 16.8 Å². The number of nitrogens with zero attached hydrogens (tertiary/aromatic N) is 1. The smallest absolute Gasteiger partial charge is 0.264 e. The summed E-state index contributed by atoms with van der Waals surface area (Å²) < 4.78 is 62.4. The molecule has 0 spiro atoms. The van der Waals surface area contributed by atoms with E-state index in [0.29, 0.717) is 5.75 Å². The minimum atomic E-state index is -4.19. The van der Waals surface area contributed by atoms with Gasteiger partial charge in [-0.15, -0.1) is 11.8 Å². The van der Waals surface area contributed by atoms with Crippen LogP contribution in [0.25, 0.3) is 0 Å². The van der Waals surface area contributed by atoms with E-state index in [2.05, 4.69) is 10.0 Å². The zero-order chi connectivity index (χ0) is 31.2. The summed E-state index contributed by atoms with van der Waals surface area (Å²) in [4.78, 5) is 14.0. The van der Waals surface area contributed by atoms with Crippen LogP contribution in [0.3, 0.4) is 0 Å². The van der Waals surface area contributed by atoms with Crippen molar-refractivity contribution in [1.82, 2.24) is 0 Å². The van der Waals surface area contributed by atoms with Crippen LogP contribution in [0.2, 0.25) is 10.0 Å². The van der Waals surface area contributed by atoms with Crippen LogP contribution in [-0.4, -0.2) is 42.2 Å². The minimum absolute atomic E-state index is 0.00580. The van der Waals surface area contributed by atoms with Gasteiger partial charge < -0.3 is 10.1 Å². The van der Waals surface area contributed by atoms with Crippen molar-refractivity contribution in [2.45, 2.75) is 21.6 Å². The Morgan fingerprint density at radius 3 is 2.16 bits per heavy atom. The average molecular weight is 681 g/mol. The number of sulfonamides is 2. The summed E-state index contributed by atoms with van der Waals surface area (Å²) in [6, 6.07) is 22.8. The van der Waals surface area contributed by atoms with Gasteiger partial charge in [0.1, 0.15) is 12.3 Å². The molecule has 0 aliphatic rings. The SMILES string of the molecule is CCOc1ccccc1N(CC(=O)Nc1ccc(S(=O)(=O)Nc2cccc(Cl)c2Cl)cc1)S(=O)(=O)c1ccc(SC)cc1. The van der Waals surface area contributed by atoms with Gasteiger partial charge in [-0.05, 0) is 86.0 Å². The van der Waals surface area contributed by atoms with Crippen LogP contribution < -0.4 is 19.1 Å². The molecule has 1 amide bonds. The van der Waals surface area contributed by atoms with E-state index < -0.39 is 32.5 Å². The number of anilines is 3. The summed E-state index contributed by atoms with van der Waals surface area (Å²) in [5, 5.41) is 2.89. The average Bonchev–Trinajstić information content (AvgIpc) is 2.99. The highest BCUT2D eigenvalue weighted by atomic mass is 35.5. The fourth-order valence-electron chi connectivity index (χ4n) is 3.95. The largest absolute Gasteiger partial charge is 0.492 e. The first-order chi connectivity index (χ1) is 20.5. The Labute approximate surface area is 265 Å². The highest BCUT2D eigenvalue weighted by Crippen LogP contribution is 2.34. The summed E-state index contributed by atoms with van der Waals surface area (Å²) in [6.07, 6.45) is 1.88. The summed E-state index contributed by atoms with van der Waals surface area (Å²) in [6.45, 7) is 1.48. The molecule has 0 saturated carbocycles. The molecule has 0 fully saturated rings. The van der Waals surface area contributed by atoms with Crippen molar-refractivity contribution in [1.29, 1.82) is 0 Å². The van der Waals surface area contributed by atoms with E-state index in [1.807, 2.05) is 6.26 Å². The zero-order valence-corrected chi connectivity index (χ0v) is 26.9. The summed E-state index contributed by atoms with van der Waals surface area (Å²) in [7, 11) is -8.22. The van der Waals surface area contributed by atoms with Gasteiger partial charge in [-0.1, -0.05) is 41.4 Å². The molecule has 14 heteroatoms. The molecule has 226 valence electrons. The van der Waals surface area contributed by atoms with Gasteiger partial charge in [0.25, 0.3) is 20.0 Å². The monoisotopic (exact) mass is 679 g/mol. The lowest BCUT2D eigenvalue weighted by molar-refractivity contribution is -0.114. The topological polar surface area (TPSA) is 122 Å². The maximum atomic E-state index is 13.8. The first-order valence-corrected chi connectivity index (χ1v) is 17.6. The van der Waals surface area contributed by atoms with Gasteiger partial charge in [0.2, 0.25) is 5.91 Å². The van der Waals surface area contributed by atoms with Crippen LogP contribution in [-0.2, 0) is 24.8 Å². The molecule has 9 nitrogen and oxygen atoms in total. The van der Waals surface area contributed by atoms with E-state index in [-0.39, 0.29) is 43.5 Å². The zero-order valence-electron chi connectivity index (χ0n) is 23.0. The lowest BCUT2D eigenvalue weighted by atomic mass is 10.3. The Hall–Kier alpha value is -3.42. The van der Waals surface area contributed by atoms with Crippen molar-refractivity contribution in [3.05, 3.63) is 101 Å². The van der Waals surface area contributed by atoms with Crippen LogP contribution in [0.1, 0.15) is 6.92 Å². The van der Waals surface area contributed by atoms with Crippen molar-refractivity contribution in [2.75, 3.05) is 33.8 Å². The van der Waals surface area contributed by atoms with Crippen molar-refractivity contribution in [3.8, 4) is 5.75 Å².